The number of anilines is 1. The number of hydrogen-bond acceptors (Lipinski definition) is 4. The van der Waals surface area contributed by atoms with Gasteiger partial charge in [0.1, 0.15) is 0 Å². The first-order chi connectivity index (χ1) is 15.5. The summed E-state index contributed by atoms with van der Waals surface area (Å²) in [4.78, 5) is 12.6. The van der Waals surface area contributed by atoms with E-state index in [2.05, 4.69) is 21.2 Å². The number of amides is 2. The third-order valence-corrected chi connectivity index (χ3v) is 7.01. The predicted octanol–water partition coefficient (Wildman–Crippen LogP) is 3.97. The van der Waals surface area contributed by atoms with Crippen LogP contribution in [0, 0.1) is 0 Å². The lowest BCUT2D eigenvalue weighted by Gasteiger charge is -2.16. The van der Waals surface area contributed by atoms with Crippen molar-refractivity contribution in [3.63, 3.8) is 0 Å². The van der Waals surface area contributed by atoms with Gasteiger partial charge in [0.2, 0.25) is 0 Å². The lowest BCUT2D eigenvalue weighted by Crippen LogP contribution is -2.33. The average Bonchev–Trinajstić information content (AvgIpc) is 3.53. The highest BCUT2D eigenvalue weighted by Gasteiger charge is 2.25. The molecule has 0 aliphatic heterocycles. The third kappa shape index (κ3) is 4.18. The topological polar surface area (TPSA) is 93.1 Å². The van der Waals surface area contributed by atoms with E-state index in [9.17, 15) is 13.2 Å². The van der Waals surface area contributed by atoms with E-state index in [-0.39, 0.29) is 0 Å². The molecule has 0 bridgehead atoms. The number of aryl methyl sites for hydroxylation is 2. The molecule has 2 aliphatic rings. The molecule has 0 saturated carbocycles. The molecule has 7 nitrogen and oxygen atoms in total. The van der Waals surface area contributed by atoms with Gasteiger partial charge in [-0.2, -0.15) is 5.10 Å². The molecular weight excluding hydrogens is 424 g/mol. The van der Waals surface area contributed by atoms with Crippen LogP contribution in [0.2, 0.25) is 0 Å². The summed E-state index contributed by atoms with van der Waals surface area (Å²) in [7, 11) is -3.94. The summed E-state index contributed by atoms with van der Waals surface area (Å²) in [6.07, 6.45) is 11.0. The smallest absolute Gasteiger partial charge is 0.307 e. The minimum absolute atomic E-state index is 0.699. The van der Waals surface area contributed by atoms with Crippen LogP contribution in [0.25, 0.3) is 11.8 Å². The predicted molar refractivity (Wildman–Crippen MR) is 124 cm³/mol. The van der Waals surface area contributed by atoms with Crippen molar-refractivity contribution in [2.45, 2.75) is 38.5 Å². The van der Waals surface area contributed by atoms with Gasteiger partial charge in [0.25, 0.3) is 10.0 Å². The van der Waals surface area contributed by atoms with Crippen molar-refractivity contribution < 1.29 is 13.2 Å². The number of rotatable bonds is 5. The van der Waals surface area contributed by atoms with Crippen molar-refractivity contribution in [2.24, 2.45) is 0 Å². The van der Waals surface area contributed by atoms with E-state index in [0.29, 0.717) is 5.56 Å². The zero-order chi connectivity index (χ0) is 22.1. The van der Waals surface area contributed by atoms with Gasteiger partial charge < -0.3 is 5.32 Å². The molecule has 32 heavy (non-hydrogen) atoms. The number of aromatic nitrogens is 2. The fourth-order valence-corrected chi connectivity index (χ4v) is 5.31. The van der Waals surface area contributed by atoms with Crippen LogP contribution in [0.1, 0.15) is 40.7 Å². The van der Waals surface area contributed by atoms with Gasteiger partial charge in [0.05, 0.1) is 11.1 Å². The van der Waals surface area contributed by atoms with E-state index in [4.69, 9.17) is 0 Å². The fourth-order valence-electron chi connectivity index (χ4n) is 4.60. The standard InChI is InChI=1S/C24H24N4O3S/c29-24(26-23-21-6-1-4-18(21)16-19-5-2-7-22(19)23)27-32(30,31)15-12-17-8-10-20(11-9-17)28-14-3-13-25-28/h3,8-16H,1-2,4-7H2,(H2,26,27,29)/b15-12+. The Morgan fingerprint density at radius 1 is 1.00 bits per heavy atom. The van der Waals surface area contributed by atoms with Crippen LogP contribution < -0.4 is 10.0 Å². The summed E-state index contributed by atoms with van der Waals surface area (Å²) in [5.74, 6) is 0. The van der Waals surface area contributed by atoms with Crippen LogP contribution in [0.4, 0.5) is 10.5 Å². The Labute approximate surface area is 187 Å². The second-order valence-corrected chi connectivity index (χ2v) is 9.75. The highest BCUT2D eigenvalue weighted by molar-refractivity contribution is 7.93. The number of urea groups is 1. The highest BCUT2D eigenvalue weighted by atomic mass is 32.2. The minimum atomic E-state index is -3.94. The molecule has 0 unspecified atom stereocenters. The second-order valence-electron chi connectivity index (χ2n) is 8.18. The molecule has 0 atom stereocenters. The molecule has 0 radical (unpaired) electrons. The van der Waals surface area contributed by atoms with Gasteiger partial charge in [-0.3, -0.25) is 0 Å². The molecular formula is C24H24N4O3S. The lowest BCUT2D eigenvalue weighted by molar-refractivity contribution is 0.256. The average molecular weight is 449 g/mol. The van der Waals surface area contributed by atoms with E-state index in [1.165, 1.54) is 17.2 Å². The minimum Gasteiger partial charge on any atom is -0.307 e. The van der Waals surface area contributed by atoms with Crippen LogP contribution in [-0.4, -0.2) is 24.2 Å². The van der Waals surface area contributed by atoms with Gasteiger partial charge in [-0.05, 0) is 90.6 Å². The van der Waals surface area contributed by atoms with Crippen LogP contribution in [0.3, 0.4) is 0 Å². The summed E-state index contributed by atoms with van der Waals surface area (Å²) >= 11 is 0. The van der Waals surface area contributed by atoms with Crippen molar-refractivity contribution in [1.29, 1.82) is 0 Å². The zero-order valence-electron chi connectivity index (χ0n) is 17.5. The third-order valence-electron chi connectivity index (χ3n) is 6.05. The van der Waals surface area contributed by atoms with Crippen molar-refractivity contribution in [3.8, 4) is 5.69 Å². The maximum Gasteiger partial charge on any atom is 0.333 e. The molecule has 0 spiro atoms. The Bertz CT molecular complexity index is 1260. The fraction of sp³-hybridized carbons (Fsp3) is 0.250. The number of sulfonamides is 1. The largest absolute Gasteiger partial charge is 0.333 e. The van der Waals surface area contributed by atoms with Gasteiger partial charge in [0, 0.05) is 18.1 Å². The molecule has 2 aromatic carbocycles. The second kappa shape index (κ2) is 8.27. The summed E-state index contributed by atoms with van der Waals surface area (Å²) in [5.41, 5.74) is 7.26. The SMILES string of the molecule is O=C(Nc1c2c(cc3c1CCC3)CCC2)NS(=O)(=O)/C=C/c1ccc(-n2cccn2)cc1. The van der Waals surface area contributed by atoms with Gasteiger partial charge in [0.15, 0.2) is 0 Å². The Morgan fingerprint density at radius 3 is 2.31 bits per heavy atom. The zero-order valence-corrected chi connectivity index (χ0v) is 18.4. The molecule has 5 rings (SSSR count). The maximum absolute atomic E-state index is 12.6. The quantitative estimate of drug-likeness (QED) is 0.618. The Balaban J connectivity index is 1.28. The van der Waals surface area contributed by atoms with Crippen molar-refractivity contribution in [1.82, 2.24) is 14.5 Å². The van der Waals surface area contributed by atoms with E-state index >= 15 is 0 Å². The van der Waals surface area contributed by atoms with Crippen molar-refractivity contribution >= 4 is 27.8 Å². The van der Waals surface area contributed by atoms with Crippen molar-refractivity contribution in [3.05, 3.63) is 82.0 Å². The van der Waals surface area contributed by atoms with Crippen LogP contribution in [-0.2, 0) is 35.7 Å². The Morgan fingerprint density at radius 2 is 1.69 bits per heavy atom. The van der Waals surface area contributed by atoms with Crippen LogP contribution >= 0.6 is 0 Å². The van der Waals surface area contributed by atoms with E-state index < -0.39 is 16.1 Å². The first-order valence-electron chi connectivity index (χ1n) is 10.8. The number of carbonyl (C=O) groups excluding carboxylic acids is 1. The number of benzene rings is 2. The normalized spacial score (nSPS) is 15.0. The number of hydrogen-bond donors (Lipinski definition) is 2. The van der Waals surface area contributed by atoms with Gasteiger partial charge in [-0.1, -0.05) is 18.2 Å². The summed E-state index contributed by atoms with van der Waals surface area (Å²) in [5, 5.41) is 8.02. The first-order valence-corrected chi connectivity index (χ1v) is 12.3. The molecule has 8 heteroatoms. The van der Waals surface area contributed by atoms with Gasteiger partial charge in [-0.15, -0.1) is 0 Å². The lowest BCUT2D eigenvalue weighted by atomic mass is 9.99. The molecule has 2 aliphatic carbocycles. The summed E-state index contributed by atoms with van der Waals surface area (Å²) in [6, 6.07) is 10.6. The summed E-state index contributed by atoms with van der Waals surface area (Å²) < 4.78 is 28.7. The van der Waals surface area contributed by atoms with Crippen LogP contribution in [0.5, 0.6) is 0 Å². The maximum atomic E-state index is 12.6. The Kier molecular flexibility index (Phi) is 5.30. The Hall–Kier alpha value is -3.39. The highest BCUT2D eigenvalue weighted by Crippen LogP contribution is 2.38. The first kappa shape index (κ1) is 20.5. The molecule has 2 amide bonds. The molecule has 1 heterocycles. The van der Waals surface area contributed by atoms with Crippen LogP contribution in [0.15, 0.2) is 54.2 Å². The molecule has 3 aromatic rings. The molecule has 0 fully saturated rings. The summed E-state index contributed by atoms with van der Waals surface area (Å²) in [6.45, 7) is 0. The van der Waals surface area contributed by atoms with E-state index in [0.717, 1.165) is 66.4 Å². The molecule has 164 valence electrons. The van der Waals surface area contributed by atoms with E-state index in [1.807, 2.05) is 24.4 Å². The molecule has 1 aromatic heterocycles. The molecule has 0 saturated heterocycles. The monoisotopic (exact) mass is 448 g/mol. The molecule has 2 N–H and O–H groups in total. The number of fused-ring (bicyclic) bond motifs is 2. The van der Waals surface area contributed by atoms with Gasteiger partial charge >= 0.3 is 6.03 Å². The van der Waals surface area contributed by atoms with E-state index in [1.54, 1.807) is 23.0 Å². The number of carbonyl (C=O) groups is 1. The number of nitrogens with one attached hydrogen (secondary N) is 2. The van der Waals surface area contributed by atoms with Gasteiger partial charge in [-0.25, -0.2) is 22.6 Å². The number of nitrogens with zero attached hydrogens (tertiary/aromatic N) is 2. The van der Waals surface area contributed by atoms with Crippen molar-refractivity contribution in [2.75, 3.05) is 5.32 Å².